The zero-order valence-electron chi connectivity index (χ0n) is 18.3. The maximum atomic E-state index is 12.6. The number of thioether (sulfide) groups is 1. The minimum atomic E-state index is -0.233. The number of benzene rings is 2. The Morgan fingerprint density at radius 3 is 2.59 bits per heavy atom. The van der Waals surface area contributed by atoms with Gasteiger partial charge in [0, 0.05) is 18.0 Å². The summed E-state index contributed by atoms with van der Waals surface area (Å²) in [4.78, 5) is 16.6. The number of carbonyl (C=O) groups is 1. The molecule has 4 aromatic rings. The quantitative estimate of drug-likeness (QED) is 0.392. The molecule has 1 atom stereocenters. The molecule has 0 fully saturated rings. The highest BCUT2D eigenvalue weighted by atomic mass is 32.2. The maximum Gasteiger partial charge on any atom is 0.230 e. The first kappa shape index (κ1) is 22.0. The molecule has 0 aliphatic carbocycles. The highest BCUT2D eigenvalue weighted by Gasteiger charge is 2.21. The number of nitrogens with zero attached hydrogens (tertiary/aromatic N) is 4. The summed E-state index contributed by atoms with van der Waals surface area (Å²) >= 11 is 1.35. The Bertz CT molecular complexity index is 1250. The van der Waals surface area contributed by atoms with Crippen molar-refractivity contribution in [2.24, 2.45) is 0 Å². The first-order valence-electron chi connectivity index (χ1n) is 10.9. The molecule has 34 heavy (non-hydrogen) atoms. The molecule has 1 unspecified atom stereocenters. The molecule has 8 nitrogen and oxygen atoms in total. The van der Waals surface area contributed by atoms with E-state index in [-0.39, 0.29) is 17.8 Å². The number of aromatic nitrogens is 4. The summed E-state index contributed by atoms with van der Waals surface area (Å²) in [6, 6.07) is 21.4. The molecule has 0 bridgehead atoms. The number of carbonyl (C=O) groups excluding carboxylic acids is 1. The van der Waals surface area contributed by atoms with Crippen LogP contribution in [0.15, 0.2) is 84.3 Å². The van der Waals surface area contributed by atoms with Gasteiger partial charge in [-0.1, -0.05) is 54.2 Å². The van der Waals surface area contributed by atoms with Crippen LogP contribution in [0.5, 0.6) is 11.5 Å². The van der Waals surface area contributed by atoms with Gasteiger partial charge < -0.3 is 14.8 Å². The summed E-state index contributed by atoms with van der Waals surface area (Å²) in [6.07, 6.45) is 3.22. The van der Waals surface area contributed by atoms with Crippen LogP contribution in [0.1, 0.15) is 5.56 Å². The molecule has 2 aromatic heterocycles. The Kier molecular flexibility index (Phi) is 6.71. The number of rotatable bonds is 8. The van der Waals surface area contributed by atoms with Crippen LogP contribution in [0, 0.1) is 0 Å². The lowest BCUT2D eigenvalue weighted by Crippen LogP contribution is -2.41. The second-order valence-electron chi connectivity index (χ2n) is 7.70. The lowest BCUT2D eigenvalue weighted by molar-refractivity contribution is -0.119. The van der Waals surface area contributed by atoms with E-state index in [1.54, 1.807) is 12.4 Å². The summed E-state index contributed by atoms with van der Waals surface area (Å²) in [5.74, 6) is 2.27. The first-order chi connectivity index (χ1) is 16.8. The van der Waals surface area contributed by atoms with Gasteiger partial charge in [-0.25, -0.2) is 0 Å². The number of para-hydroxylation sites is 2. The molecule has 3 heterocycles. The molecule has 1 amide bonds. The third kappa shape index (κ3) is 5.20. The Morgan fingerprint density at radius 2 is 1.76 bits per heavy atom. The van der Waals surface area contributed by atoms with E-state index in [0.29, 0.717) is 30.6 Å². The van der Waals surface area contributed by atoms with Crippen molar-refractivity contribution in [3.8, 4) is 22.9 Å². The van der Waals surface area contributed by atoms with Gasteiger partial charge in [-0.3, -0.25) is 14.3 Å². The van der Waals surface area contributed by atoms with Gasteiger partial charge in [0.2, 0.25) is 5.91 Å². The highest BCUT2D eigenvalue weighted by molar-refractivity contribution is 7.99. The third-order valence-corrected chi connectivity index (χ3v) is 6.23. The Morgan fingerprint density at radius 1 is 1.00 bits per heavy atom. The lowest BCUT2D eigenvalue weighted by Gasteiger charge is -2.26. The van der Waals surface area contributed by atoms with Gasteiger partial charge in [0.1, 0.15) is 12.7 Å². The van der Waals surface area contributed by atoms with Gasteiger partial charge in [-0.05, 0) is 29.8 Å². The molecule has 172 valence electrons. The number of ether oxygens (including phenoxy) is 2. The number of fused-ring (bicyclic) bond motifs is 1. The van der Waals surface area contributed by atoms with Crippen LogP contribution in [-0.2, 0) is 11.3 Å². The van der Waals surface area contributed by atoms with Crippen molar-refractivity contribution in [3.63, 3.8) is 0 Å². The summed E-state index contributed by atoms with van der Waals surface area (Å²) in [7, 11) is 0. The number of pyridine rings is 1. The number of hydrogen-bond acceptors (Lipinski definition) is 7. The number of amides is 1. The van der Waals surface area contributed by atoms with Crippen molar-refractivity contribution in [2.75, 3.05) is 18.9 Å². The maximum absolute atomic E-state index is 12.6. The molecule has 0 saturated carbocycles. The average molecular weight is 474 g/mol. The van der Waals surface area contributed by atoms with Crippen LogP contribution in [0.25, 0.3) is 11.4 Å². The van der Waals surface area contributed by atoms with E-state index in [1.165, 1.54) is 11.8 Å². The number of nitrogens with one attached hydrogen (secondary N) is 1. The third-order valence-electron chi connectivity index (χ3n) is 5.27. The molecule has 1 aliphatic heterocycles. The minimum Gasteiger partial charge on any atom is -0.486 e. The minimum absolute atomic E-state index is 0.104. The Labute approximate surface area is 201 Å². The van der Waals surface area contributed by atoms with Crippen molar-refractivity contribution in [1.29, 1.82) is 0 Å². The molecular weight excluding hydrogens is 450 g/mol. The molecule has 0 radical (unpaired) electrons. The molecule has 1 N–H and O–H groups in total. The van der Waals surface area contributed by atoms with E-state index in [1.807, 2.05) is 59.2 Å². The molecule has 9 heteroatoms. The van der Waals surface area contributed by atoms with Gasteiger partial charge in [0.25, 0.3) is 0 Å². The predicted octanol–water partition coefficient (Wildman–Crippen LogP) is 3.44. The van der Waals surface area contributed by atoms with Crippen LogP contribution >= 0.6 is 11.8 Å². The monoisotopic (exact) mass is 473 g/mol. The number of hydrogen-bond donors (Lipinski definition) is 1. The van der Waals surface area contributed by atoms with Crippen molar-refractivity contribution in [2.45, 2.75) is 17.8 Å². The van der Waals surface area contributed by atoms with Crippen LogP contribution in [0.4, 0.5) is 0 Å². The Hall–Kier alpha value is -3.85. The molecule has 5 rings (SSSR count). The fourth-order valence-corrected chi connectivity index (χ4v) is 4.36. The van der Waals surface area contributed by atoms with Gasteiger partial charge in [-0.15, -0.1) is 10.2 Å². The lowest BCUT2D eigenvalue weighted by atomic mass is 10.2. The van der Waals surface area contributed by atoms with Gasteiger partial charge in [-0.2, -0.15) is 0 Å². The van der Waals surface area contributed by atoms with Crippen molar-refractivity contribution in [3.05, 3.63) is 84.7 Å². The van der Waals surface area contributed by atoms with Gasteiger partial charge in [0.05, 0.1) is 18.8 Å². The zero-order chi connectivity index (χ0) is 23.2. The topological polar surface area (TPSA) is 91.2 Å². The summed E-state index contributed by atoms with van der Waals surface area (Å²) in [6.45, 7) is 1.36. The highest BCUT2D eigenvalue weighted by Crippen LogP contribution is 2.30. The average Bonchev–Trinajstić information content (AvgIpc) is 3.29. The van der Waals surface area contributed by atoms with E-state index in [4.69, 9.17) is 9.47 Å². The van der Waals surface area contributed by atoms with Gasteiger partial charge >= 0.3 is 0 Å². The zero-order valence-corrected chi connectivity index (χ0v) is 19.1. The SMILES string of the molecule is O=C(CSc1nnc(-c2ccncc2)n1Cc1ccccc1)NCC1COc2ccccc2O1. The molecule has 2 aromatic carbocycles. The van der Waals surface area contributed by atoms with Crippen molar-refractivity contribution >= 4 is 17.7 Å². The summed E-state index contributed by atoms with van der Waals surface area (Å²) in [5, 5.41) is 12.4. The second-order valence-corrected chi connectivity index (χ2v) is 8.65. The standard InChI is InChI=1S/C25H23N5O3S/c31-23(27-14-20-16-32-21-8-4-5-9-22(21)33-20)17-34-25-29-28-24(19-10-12-26-13-11-19)30(25)15-18-6-2-1-3-7-18/h1-13,20H,14-17H2,(H,27,31). The summed E-state index contributed by atoms with van der Waals surface area (Å²) in [5.41, 5.74) is 2.04. The van der Waals surface area contributed by atoms with E-state index in [9.17, 15) is 4.79 Å². The van der Waals surface area contributed by atoms with Crippen LogP contribution in [0.3, 0.4) is 0 Å². The van der Waals surface area contributed by atoms with E-state index >= 15 is 0 Å². The predicted molar refractivity (Wildman–Crippen MR) is 129 cm³/mol. The molecule has 0 saturated heterocycles. The normalized spacial score (nSPS) is 14.5. The summed E-state index contributed by atoms with van der Waals surface area (Å²) < 4.78 is 13.6. The van der Waals surface area contributed by atoms with Crippen LogP contribution < -0.4 is 14.8 Å². The smallest absolute Gasteiger partial charge is 0.230 e. The van der Waals surface area contributed by atoms with Crippen molar-refractivity contribution < 1.29 is 14.3 Å². The van der Waals surface area contributed by atoms with E-state index in [2.05, 4.69) is 32.6 Å². The van der Waals surface area contributed by atoms with Crippen LogP contribution in [-0.4, -0.2) is 50.7 Å². The fraction of sp³-hybridized carbons (Fsp3) is 0.200. The molecule has 0 spiro atoms. The first-order valence-corrected chi connectivity index (χ1v) is 11.9. The second kappa shape index (κ2) is 10.4. The van der Waals surface area contributed by atoms with Gasteiger partial charge in [0.15, 0.2) is 22.5 Å². The van der Waals surface area contributed by atoms with Crippen LogP contribution in [0.2, 0.25) is 0 Å². The largest absolute Gasteiger partial charge is 0.486 e. The molecule has 1 aliphatic rings. The molecular formula is C25H23N5O3S. The van der Waals surface area contributed by atoms with E-state index < -0.39 is 0 Å². The van der Waals surface area contributed by atoms with Crippen molar-refractivity contribution in [1.82, 2.24) is 25.1 Å². The van der Waals surface area contributed by atoms with E-state index in [0.717, 1.165) is 22.7 Å². The fourth-order valence-electron chi connectivity index (χ4n) is 3.59. The Balaban J connectivity index is 1.22.